The number of likely N-dealkylation sites (N-methyl/N-ethyl adjacent to an activating group) is 1. The predicted molar refractivity (Wildman–Crippen MR) is 173 cm³/mol. The number of aromatic nitrogens is 2. The number of anilines is 2. The van der Waals surface area contributed by atoms with E-state index in [9.17, 15) is 18.0 Å². The topological polar surface area (TPSA) is 106 Å². The van der Waals surface area contributed by atoms with Crippen molar-refractivity contribution in [3.63, 3.8) is 0 Å². The average molecular weight is 632 g/mol. The van der Waals surface area contributed by atoms with Crippen LogP contribution in [0, 0.1) is 19.3 Å². The van der Waals surface area contributed by atoms with E-state index in [4.69, 9.17) is 10.1 Å². The minimum atomic E-state index is -4.58. The van der Waals surface area contributed by atoms with E-state index in [2.05, 4.69) is 25.5 Å². The van der Waals surface area contributed by atoms with Crippen LogP contribution in [0.25, 0.3) is 11.4 Å². The molecule has 3 aromatic carbocycles. The van der Waals surface area contributed by atoms with Gasteiger partial charge in [-0.05, 0) is 56.3 Å². The third-order valence-corrected chi connectivity index (χ3v) is 7.92. The van der Waals surface area contributed by atoms with Crippen molar-refractivity contribution in [2.75, 3.05) is 50.9 Å². The largest absolute Gasteiger partial charge is 0.438 e. The van der Waals surface area contributed by atoms with Crippen molar-refractivity contribution in [2.24, 2.45) is 0 Å². The summed E-state index contributed by atoms with van der Waals surface area (Å²) in [5, 5.41) is 13.6. The number of benzene rings is 3. The van der Waals surface area contributed by atoms with E-state index in [-0.39, 0.29) is 29.2 Å². The van der Waals surface area contributed by atoms with Crippen LogP contribution in [0.5, 0.6) is 11.6 Å². The fraction of sp³-hybridized carbons (Fsp3) is 0.294. The second-order valence-corrected chi connectivity index (χ2v) is 11.4. The zero-order valence-electron chi connectivity index (χ0n) is 26.1. The van der Waals surface area contributed by atoms with Gasteiger partial charge in [0.25, 0.3) is 5.91 Å². The molecule has 12 heteroatoms. The number of nitrogens with one attached hydrogen (secondary N) is 3. The summed E-state index contributed by atoms with van der Waals surface area (Å²) in [7, 11) is 3.67. The first-order valence-corrected chi connectivity index (χ1v) is 14.8. The smallest absolute Gasteiger partial charge is 0.416 e. The van der Waals surface area contributed by atoms with Crippen molar-refractivity contribution in [2.45, 2.75) is 26.6 Å². The number of amides is 1. The van der Waals surface area contributed by atoms with Gasteiger partial charge in [-0.2, -0.15) is 18.2 Å². The Bertz CT molecular complexity index is 1730. The molecule has 46 heavy (non-hydrogen) atoms. The molecule has 3 N–H and O–H groups in total. The lowest BCUT2D eigenvalue weighted by atomic mass is 10.0. The van der Waals surface area contributed by atoms with Crippen molar-refractivity contribution >= 4 is 23.6 Å². The van der Waals surface area contributed by atoms with Crippen molar-refractivity contribution in [3.8, 4) is 23.0 Å². The molecular weight excluding hydrogens is 595 g/mol. The fourth-order valence-electron chi connectivity index (χ4n) is 5.14. The zero-order valence-corrected chi connectivity index (χ0v) is 26.1. The highest BCUT2D eigenvalue weighted by atomic mass is 19.4. The van der Waals surface area contributed by atoms with E-state index in [1.165, 1.54) is 18.2 Å². The number of carbonyl (C=O) groups is 1. The van der Waals surface area contributed by atoms with Gasteiger partial charge >= 0.3 is 6.18 Å². The lowest BCUT2D eigenvalue weighted by Gasteiger charge is -2.33. The first kappa shape index (κ1) is 32.6. The van der Waals surface area contributed by atoms with Crippen LogP contribution in [0.15, 0.2) is 60.7 Å². The summed E-state index contributed by atoms with van der Waals surface area (Å²) in [5.41, 5.74) is 2.42. The van der Waals surface area contributed by atoms with Crippen LogP contribution in [-0.4, -0.2) is 72.2 Å². The predicted octanol–water partition coefficient (Wildman–Crippen LogP) is 6.61. The maximum absolute atomic E-state index is 14.1. The van der Waals surface area contributed by atoms with Gasteiger partial charge < -0.3 is 25.7 Å². The number of rotatable bonds is 9. The number of alkyl halides is 3. The Labute approximate surface area is 265 Å². The molecule has 1 aliphatic rings. The molecule has 0 spiro atoms. The Morgan fingerprint density at radius 1 is 1.00 bits per heavy atom. The van der Waals surface area contributed by atoms with Gasteiger partial charge in [-0.3, -0.25) is 9.69 Å². The molecule has 9 nitrogen and oxygen atoms in total. The third kappa shape index (κ3) is 7.52. The average Bonchev–Trinajstić information content (AvgIpc) is 3.03. The summed E-state index contributed by atoms with van der Waals surface area (Å²) in [5.74, 6) is 0.573. The Balaban J connectivity index is 1.40. The monoisotopic (exact) mass is 631 g/mol. The standard InChI is InChI=1S/C34H36F3N7O2/c1-21-5-8-23(9-6-21)30-41-31(39-3)27(19-38)33(42-30)46-29-17-24(10-7-22(29)2)32(45)40-26-12-11-25(28(18-26)34(35,36)37)20-44-15-13-43(4)14-16-44/h5-12,17-19,38H,13-16,20H2,1-4H3,(H,40,45)(H,39,41,42). The van der Waals surface area contributed by atoms with Gasteiger partial charge in [-0.25, -0.2) is 4.98 Å². The summed E-state index contributed by atoms with van der Waals surface area (Å²) < 4.78 is 48.5. The van der Waals surface area contributed by atoms with Gasteiger partial charge in [0.2, 0.25) is 5.88 Å². The maximum atomic E-state index is 14.1. The SMILES string of the molecule is CNc1nc(-c2ccc(C)cc2)nc(Oc2cc(C(=O)Nc3ccc(CN4CCN(C)CC4)c(C(F)(F)F)c3)ccc2C)c1C=N. The molecular formula is C34H36F3N7O2. The minimum Gasteiger partial charge on any atom is -0.438 e. The molecule has 1 saturated heterocycles. The summed E-state index contributed by atoms with van der Waals surface area (Å²) >= 11 is 0. The van der Waals surface area contributed by atoms with Crippen LogP contribution in [0.4, 0.5) is 24.7 Å². The Kier molecular flexibility index (Phi) is 9.68. The third-order valence-electron chi connectivity index (χ3n) is 7.92. The second kappa shape index (κ2) is 13.7. The fourth-order valence-corrected chi connectivity index (χ4v) is 5.14. The molecule has 2 heterocycles. The van der Waals surface area contributed by atoms with Crippen LogP contribution in [0.1, 0.15) is 38.2 Å². The maximum Gasteiger partial charge on any atom is 0.416 e. The Hall–Kier alpha value is -4.81. The number of nitrogens with zero attached hydrogens (tertiary/aromatic N) is 4. The number of piperazine rings is 1. The van der Waals surface area contributed by atoms with Crippen molar-refractivity contribution in [1.82, 2.24) is 19.8 Å². The van der Waals surface area contributed by atoms with Gasteiger partial charge in [-0.15, -0.1) is 0 Å². The molecule has 1 aromatic heterocycles. The highest BCUT2D eigenvalue weighted by Crippen LogP contribution is 2.35. The zero-order chi connectivity index (χ0) is 33.0. The van der Waals surface area contributed by atoms with Crippen LogP contribution in [0.2, 0.25) is 0 Å². The molecule has 1 amide bonds. The van der Waals surface area contributed by atoms with E-state index in [1.807, 2.05) is 43.1 Å². The van der Waals surface area contributed by atoms with E-state index < -0.39 is 17.6 Å². The number of aryl methyl sites for hydroxylation is 2. The quantitative estimate of drug-likeness (QED) is 0.179. The van der Waals surface area contributed by atoms with Crippen LogP contribution < -0.4 is 15.4 Å². The Morgan fingerprint density at radius 2 is 1.72 bits per heavy atom. The molecule has 0 radical (unpaired) electrons. The molecule has 0 bridgehead atoms. The lowest BCUT2D eigenvalue weighted by molar-refractivity contribution is -0.138. The van der Waals surface area contributed by atoms with Crippen LogP contribution in [0.3, 0.4) is 0 Å². The van der Waals surface area contributed by atoms with Crippen LogP contribution >= 0.6 is 0 Å². The normalized spacial score (nSPS) is 14.2. The molecule has 1 fully saturated rings. The highest BCUT2D eigenvalue weighted by Gasteiger charge is 2.34. The summed E-state index contributed by atoms with van der Waals surface area (Å²) in [6.07, 6.45) is -3.50. The van der Waals surface area contributed by atoms with E-state index >= 15 is 0 Å². The van der Waals surface area contributed by atoms with Gasteiger partial charge in [0.05, 0.1) is 11.1 Å². The molecule has 0 unspecified atom stereocenters. The number of carbonyl (C=O) groups excluding carboxylic acids is 1. The molecule has 5 rings (SSSR count). The van der Waals surface area contributed by atoms with Crippen molar-refractivity contribution in [1.29, 1.82) is 5.41 Å². The molecule has 0 aliphatic carbocycles. The molecule has 0 atom stereocenters. The molecule has 0 saturated carbocycles. The van der Waals surface area contributed by atoms with Crippen molar-refractivity contribution in [3.05, 3.63) is 94.0 Å². The minimum absolute atomic E-state index is 0.0331. The first-order chi connectivity index (χ1) is 21.9. The van der Waals surface area contributed by atoms with Crippen molar-refractivity contribution < 1.29 is 22.7 Å². The summed E-state index contributed by atoms with van der Waals surface area (Å²) in [4.78, 5) is 26.5. The van der Waals surface area contributed by atoms with E-state index in [0.717, 1.165) is 36.5 Å². The second-order valence-electron chi connectivity index (χ2n) is 11.4. The van der Waals surface area contributed by atoms with Gasteiger partial charge in [-0.1, -0.05) is 42.0 Å². The summed E-state index contributed by atoms with van der Waals surface area (Å²) in [6.45, 7) is 6.90. The highest BCUT2D eigenvalue weighted by molar-refractivity contribution is 6.04. The van der Waals surface area contributed by atoms with Gasteiger partial charge in [0.15, 0.2) is 5.82 Å². The number of hydrogen-bond acceptors (Lipinski definition) is 8. The number of halogens is 3. The molecule has 240 valence electrons. The van der Waals surface area contributed by atoms with Crippen LogP contribution in [-0.2, 0) is 12.7 Å². The molecule has 1 aliphatic heterocycles. The molecule has 4 aromatic rings. The summed E-state index contributed by atoms with van der Waals surface area (Å²) in [6, 6.07) is 16.3. The first-order valence-electron chi connectivity index (χ1n) is 14.8. The Morgan fingerprint density at radius 3 is 2.37 bits per heavy atom. The van der Waals surface area contributed by atoms with Gasteiger partial charge in [0.1, 0.15) is 11.6 Å². The number of hydrogen-bond donors (Lipinski definition) is 3. The van der Waals surface area contributed by atoms with Gasteiger partial charge in [0, 0.05) is 62.8 Å². The van der Waals surface area contributed by atoms with E-state index in [1.54, 1.807) is 26.1 Å². The van der Waals surface area contributed by atoms with E-state index in [0.29, 0.717) is 41.6 Å². The lowest BCUT2D eigenvalue weighted by Crippen LogP contribution is -2.44. The number of ether oxygens (including phenoxy) is 1.